The fourth-order valence-corrected chi connectivity index (χ4v) is 3.22. The number of hydrogen-bond donors (Lipinski definition) is 1. The van der Waals surface area contributed by atoms with Crippen molar-refractivity contribution in [3.8, 4) is 0 Å². The molecule has 1 fully saturated rings. The maximum Gasteiger partial charge on any atom is 0.150 e. The highest BCUT2D eigenvalue weighted by atomic mass is 15.4. The molecule has 0 atom stereocenters. The normalized spacial score (nSPS) is 17.6. The first-order chi connectivity index (χ1) is 9.58. The molecule has 2 rings (SSSR count). The van der Waals surface area contributed by atoms with Crippen LogP contribution in [0.4, 0.5) is 11.5 Å². The van der Waals surface area contributed by atoms with Gasteiger partial charge in [-0.2, -0.15) is 5.10 Å². The summed E-state index contributed by atoms with van der Waals surface area (Å²) < 4.78 is 1.95. The predicted molar refractivity (Wildman–Crippen MR) is 85.2 cm³/mol. The maximum atomic E-state index is 6.32. The van der Waals surface area contributed by atoms with Gasteiger partial charge in [-0.1, -0.05) is 20.3 Å². The van der Waals surface area contributed by atoms with E-state index in [0.29, 0.717) is 6.04 Å². The van der Waals surface area contributed by atoms with Crippen LogP contribution < -0.4 is 10.6 Å². The van der Waals surface area contributed by atoms with Crippen molar-refractivity contribution in [3.63, 3.8) is 0 Å². The van der Waals surface area contributed by atoms with Crippen molar-refractivity contribution in [2.45, 2.75) is 45.6 Å². The minimum atomic E-state index is 0.574. The van der Waals surface area contributed by atoms with Crippen LogP contribution in [0.2, 0.25) is 0 Å². The quantitative estimate of drug-likeness (QED) is 0.894. The third kappa shape index (κ3) is 2.92. The van der Waals surface area contributed by atoms with Crippen LogP contribution in [0.25, 0.3) is 0 Å². The summed E-state index contributed by atoms with van der Waals surface area (Å²) in [4.78, 5) is 4.86. The van der Waals surface area contributed by atoms with Gasteiger partial charge in [0.05, 0.1) is 11.4 Å². The van der Waals surface area contributed by atoms with Gasteiger partial charge in [0.1, 0.15) is 5.82 Å². The monoisotopic (exact) mass is 279 g/mol. The molecule has 0 spiro atoms. The molecule has 1 aliphatic heterocycles. The highest BCUT2D eigenvalue weighted by Crippen LogP contribution is 2.30. The maximum absolute atomic E-state index is 6.32. The lowest BCUT2D eigenvalue weighted by Crippen LogP contribution is -2.44. The van der Waals surface area contributed by atoms with Gasteiger partial charge >= 0.3 is 0 Å². The Labute approximate surface area is 122 Å². The lowest BCUT2D eigenvalue weighted by atomic mass is 10.0. The number of rotatable bonds is 5. The van der Waals surface area contributed by atoms with Crippen molar-refractivity contribution in [2.24, 2.45) is 7.05 Å². The van der Waals surface area contributed by atoms with Crippen LogP contribution in [0.5, 0.6) is 0 Å². The third-order valence-electron chi connectivity index (χ3n) is 4.50. The van der Waals surface area contributed by atoms with E-state index in [-0.39, 0.29) is 0 Å². The molecular weight excluding hydrogens is 250 g/mol. The number of aryl methyl sites for hydroxylation is 2. The van der Waals surface area contributed by atoms with Crippen LogP contribution in [0.3, 0.4) is 0 Å². The second-order valence-corrected chi connectivity index (χ2v) is 5.83. The van der Waals surface area contributed by atoms with Gasteiger partial charge in [0, 0.05) is 33.2 Å². The lowest BCUT2D eigenvalue weighted by molar-refractivity contribution is 0.220. The zero-order valence-corrected chi connectivity index (χ0v) is 13.4. The summed E-state index contributed by atoms with van der Waals surface area (Å²) in [6, 6.07) is 0.574. The van der Waals surface area contributed by atoms with Crippen LogP contribution in [0.15, 0.2) is 0 Å². The Bertz CT molecular complexity index is 432. The number of aromatic nitrogens is 2. The molecule has 0 unspecified atom stereocenters. The molecule has 0 aromatic carbocycles. The molecule has 0 radical (unpaired) electrons. The SMILES string of the molecule is CCCc1nn(C)c(N(C)C2CCN(CC)CC2)c1N. The van der Waals surface area contributed by atoms with E-state index in [1.54, 1.807) is 0 Å². The molecule has 1 aromatic rings. The molecule has 2 N–H and O–H groups in total. The Hall–Kier alpha value is -1.23. The summed E-state index contributed by atoms with van der Waals surface area (Å²) in [5.41, 5.74) is 8.23. The van der Waals surface area contributed by atoms with Gasteiger partial charge in [-0.15, -0.1) is 0 Å². The van der Waals surface area contributed by atoms with Gasteiger partial charge < -0.3 is 15.5 Å². The molecule has 0 aliphatic carbocycles. The number of likely N-dealkylation sites (tertiary alicyclic amines) is 1. The van der Waals surface area contributed by atoms with Crippen LogP contribution >= 0.6 is 0 Å². The average Bonchev–Trinajstić information content (AvgIpc) is 2.73. The van der Waals surface area contributed by atoms with E-state index in [2.05, 4.69) is 35.8 Å². The Morgan fingerprint density at radius 3 is 2.50 bits per heavy atom. The summed E-state index contributed by atoms with van der Waals surface area (Å²) in [6.07, 6.45) is 4.46. The minimum Gasteiger partial charge on any atom is -0.394 e. The predicted octanol–water partition coefficient (Wildman–Crippen LogP) is 1.88. The van der Waals surface area contributed by atoms with E-state index in [4.69, 9.17) is 5.73 Å². The highest BCUT2D eigenvalue weighted by Gasteiger charge is 2.26. The highest BCUT2D eigenvalue weighted by molar-refractivity contribution is 5.66. The van der Waals surface area contributed by atoms with E-state index < -0.39 is 0 Å². The van der Waals surface area contributed by atoms with Crippen LogP contribution in [-0.4, -0.2) is 47.4 Å². The van der Waals surface area contributed by atoms with Crippen LogP contribution in [-0.2, 0) is 13.5 Å². The summed E-state index contributed by atoms with van der Waals surface area (Å²) in [5.74, 6) is 1.09. The first kappa shape index (κ1) is 15.2. The zero-order valence-electron chi connectivity index (χ0n) is 13.4. The number of nitrogens with two attached hydrogens (primary N) is 1. The van der Waals surface area contributed by atoms with Gasteiger partial charge in [-0.05, 0) is 25.8 Å². The molecule has 20 heavy (non-hydrogen) atoms. The fourth-order valence-electron chi connectivity index (χ4n) is 3.22. The fraction of sp³-hybridized carbons (Fsp3) is 0.800. The number of anilines is 2. The number of nitrogen functional groups attached to an aromatic ring is 1. The molecule has 5 heteroatoms. The van der Waals surface area contributed by atoms with E-state index in [1.807, 2.05) is 11.7 Å². The molecular formula is C15H29N5. The van der Waals surface area contributed by atoms with E-state index in [1.165, 1.54) is 25.9 Å². The van der Waals surface area contributed by atoms with Crippen molar-refractivity contribution < 1.29 is 0 Å². The average molecular weight is 279 g/mol. The van der Waals surface area contributed by atoms with Crippen LogP contribution in [0.1, 0.15) is 38.8 Å². The van der Waals surface area contributed by atoms with Gasteiger partial charge in [0.2, 0.25) is 0 Å². The minimum absolute atomic E-state index is 0.574. The first-order valence-electron chi connectivity index (χ1n) is 7.85. The molecule has 0 bridgehead atoms. The number of hydrogen-bond acceptors (Lipinski definition) is 4. The number of piperidine rings is 1. The van der Waals surface area contributed by atoms with Crippen molar-refractivity contribution >= 4 is 11.5 Å². The Balaban J connectivity index is 2.11. The van der Waals surface area contributed by atoms with Crippen molar-refractivity contribution in [1.82, 2.24) is 14.7 Å². The topological polar surface area (TPSA) is 50.3 Å². The Morgan fingerprint density at radius 1 is 1.30 bits per heavy atom. The molecule has 0 amide bonds. The standard InChI is InChI=1S/C15H29N5/c1-5-7-13-14(16)15(19(4)17-13)18(3)12-8-10-20(6-2)11-9-12/h12H,5-11,16H2,1-4H3. The van der Waals surface area contributed by atoms with Crippen molar-refractivity contribution in [2.75, 3.05) is 37.3 Å². The number of nitrogens with zero attached hydrogens (tertiary/aromatic N) is 4. The second kappa shape index (κ2) is 6.48. The Morgan fingerprint density at radius 2 is 1.95 bits per heavy atom. The third-order valence-corrected chi connectivity index (χ3v) is 4.50. The van der Waals surface area contributed by atoms with Gasteiger partial charge in [-0.3, -0.25) is 4.68 Å². The van der Waals surface area contributed by atoms with Crippen LogP contribution in [0, 0.1) is 0 Å². The molecule has 1 saturated heterocycles. The summed E-state index contributed by atoms with van der Waals surface area (Å²) in [6.45, 7) is 7.93. The molecule has 5 nitrogen and oxygen atoms in total. The van der Waals surface area contributed by atoms with Crippen molar-refractivity contribution in [1.29, 1.82) is 0 Å². The zero-order chi connectivity index (χ0) is 14.7. The Kier molecular flexibility index (Phi) is 4.91. The first-order valence-corrected chi connectivity index (χ1v) is 7.85. The summed E-state index contributed by atoms with van der Waals surface area (Å²) in [7, 11) is 4.16. The van der Waals surface area contributed by atoms with Gasteiger partial charge in [0.25, 0.3) is 0 Å². The van der Waals surface area contributed by atoms with Gasteiger partial charge in [-0.25, -0.2) is 0 Å². The summed E-state index contributed by atoms with van der Waals surface area (Å²) in [5, 5.41) is 4.59. The molecule has 2 heterocycles. The molecule has 1 aliphatic rings. The van der Waals surface area contributed by atoms with Crippen molar-refractivity contribution in [3.05, 3.63) is 5.69 Å². The lowest BCUT2D eigenvalue weighted by Gasteiger charge is -2.37. The molecule has 0 saturated carbocycles. The second-order valence-electron chi connectivity index (χ2n) is 5.83. The largest absolute Gasteiger partial charge is 0.394 e. The van der Waals surface area contributed by atoms with E-state index >= 15 is 0 Å². The smallest absolute Gasteiger partial charge is 0.150 e. The molecule has 114 valence electrons. The molecule has 1 aromatic heterocycles. The van der Waals surface area contributed by atoms with E-state index in [0.717, 1.165) is 36.6 Å². The van der Waals surface area contributed by atoms with E-state index in [9.17, 15) is 0 Å². The van der Waals surface area contributed by atoms with Gasteiger partial charge in [0.15, 0.2) is 0 Å². The summed E-state index contributed by atoms with van der Waals surface area (Å²) >= 11 is 0.